The van der Waals surface area contributed by atoms with Gasteiger partial charge in [-0.05, 0) is 18.2 Å². The monoisotopic (exact) mass is 280 g/mol. The standard InChI is InChI=1S/C16H16N4O/c1-4-7-10-13(8-5-2)21-16-12-11-15-18-17-14(9-6-3)20(15)19-16/h4-8,10-12H,1-3,9H2/b10-7-,13-8+. The largest absolute Gasteiger partial charge is 0.438 e. The van der Waals surface area contributed by atoms with Crippen LogP contribution in [0.3, 0.4) is 0 Å². The van der Waals surface area contributed by atoms with Gasteiger partial charge in [-0.25, -0.2) is 0 Å². The van der Waals surface area contributed by atoms with E-state index in [0.717, 1.165) is 0 Å². The zero-order valence-corrected chi connectivity index (χ0v) is 11.6. The first-order chi connectivity index (χ1) is 10.3. The summed E-state index contributed by atoms with van der Waals surface area (Å²) >= 11 is 0. The minimum Gasteiger partial charge on any atom is -0.438 e. The van der Waals surface area contributed by atoms with Gasteiger partial charge in [0.25, 0.3) is 0 Å². The summed E-state index contributed by atoms with van der Waals surface area (Å²) in [7, 11) is 0. The Bertz CT molecular complexity index is 725. The molecule has 0 amide bonds. The highest BCUT2D eigenvalue weighted by molar-refractivity contribution is 5.38. The maximum Gasteiger partial charge on any atom is 0.237 e. The van der Waals surface area contributed by atoms with Crippen molar-refractivity contribution in [2.45, 2.75) is 6.42 Å². The van der Waals surface area contributed by atoms with E-state index < -0.39 is 0 Å². The fourth-order valence-electron chi connectivity index (χ4n) is 1.65. The van der Waals surface area contributed by atoms with Crippen LogP contribution >= 0.6 is 0 Å². The molecule has 2 rings (SSSR count). The first kappa shape index (κ1) is 14.5. The van der Waals surface area contributed by atoms with E-state index in [4.69, 9.17) is 4.74 Å². The number of hydrogen-bond donors (Lipinski definition) is 0. The second-order valence-corrected chi connectivity index (χ2v) is 4.05. The van der Waals surface area contributed by atoms with Crippen LogP contribution in [-0.2, 0) is 6.42 Å². The lowest BCUT2D eigenvalue weighted by Gasteiger charge is -2.05. The van der Waals surface area contributed by atoms with Crippen LogP contribution in [-0.4, -0.2) is 19.8 Å². The summed E-state index contributed by atoms with van der Waals surface area (Å²) in [6, 6.07) is 3.53. The molecule has 0 bridgehead atoms. The first-order valence-electron chi connectivity index (χ1n) is 6.40. The maximum atomic E-state index is 5.71. The molecule has 0 aliphatic carbocycles. The Labute approximate surface area is 123 Å². The first-order valence-corrected chi connectivity index (χ1v) is 6.40. The molecule has 2 aromatic rings. The fraction of sp³-hybridized carbons (Fsp3) is 0.0625. The molecule has 0 saturated carbocycles. The molecule has 0 spiro atoms. The molecule has 0 aromatic carbocycles. The van der Waals surface area contributed by atoms with Gasteiger partial charge in [-0.15, -0.1) is 21.9 Å². The third-order valence-corrected chi connectivity index (χ3v) is 2.53. The van der Waals surface area contributed by atoms with Crippen molar-refractivity contribution in [1.29, 1.82) is 0 Å². The van der Waals surface area contributed by atoms with Gasteiger partial charge in [-0.3, -0.25) is 0 Å². The van der Waals surface area contributed by atoms with Gasteiger partial charge in [-0.2, -0.15) is 4.52 Å². The minimum absolute atomic E-state index is 0.439. The summed E-state index contributed by atoms with van der Waals surface area (Å²) in [6.45, 7) is 11.0. The molecular formula is C16H16N4O. The Balaban J connectivity index is 2.32. The third kappa shape index (κ3) is 3.54. The van der Waals surface area contributed by atoms with Crippen molar-refractivity contribution >= 4 is 5.65 Å². The van der Waals surface area contributed by atoms with Crippen molar-refractivity contribution in [1.82, 2.24) is 19.8 Å². The van der Waals surface area contributed by atoms with E-state index in [1.54, 1.807) is 53.1 Å². The lowest BCUT2D eigenvalue weighted by atomic mass is 10.4. The molecule has 0 radical (unpaired) electrons. The Kier molecular flexibility index (Phi) is 4.82. The molecule has 0 unspecified atom stereocenters. The van der Waals surface area contributed by atoms with E-state index >= 15 is 0 Å². The van der Waals surface area contributed by atoms with Gasteiger partial charge >= 0.3 is 0 Å². The number of fused-ring (bicyclic) bond motifs is 1. The highest BCUT2D eigenvalue weighted by atomic mass is 16.5. The zero-order chi connectivity index (χ0) is 15.1. The molecule has 2 heterocycles. The molecule has 21 heavy (non-hydrogen) atoms. The van der Waals surface area contributed by atoms with E-state index in [2.05, 4.69) is 35.0 Å². The number of aromatic nitrogens is 4. The van der Waals surface area contributed by atoms with Crippen LogP contribution in [0.2, 0.25) is 0 Å². The van der Waals surface area contributed by atoms with Crippen LogP contribution in [0.25, 0.3) is 5.65 Å². The Morgan fingerprint density at radius 3 is 2.76 bits per heavy atom. The van der Waals surface area contributed by atoms with Crippen molar-refractivity contribution in [2.24, 2.45) is 0 Å². The summed E-state index contributed by atoms with van der Waals surface area (Å²) < 4.78 is 7.35. The van der Waals surface area contributed by atoms with E-state index in [0.29, 0.717) is 29.5 Å². The molecule has 0 aliphatic heterocycles. The SMILES string of the molecule is C=C/C=C\C(=C/C=C)Oc1ccc2nnc(CC=C)n2n1. The number of hydrogen-bond acceptors (Lipinski definition) is 4. The van der Waals surface area contributed by atoms with Crippen molar-refractivity contribution in [3.8, 4) is 5.88 Å². The predicted octanol–water partition coefficient (Wildman–Crippen LogP) is 3.04. The average molecular weight is 280 g/mol. The van der Waals surface area contributed by atoms with E-state index in [-0.39, 0.29) is 0 Å². The van der Waals surface area contributed by atoms with E-state index in [1.165, 1.54) is 0 Å². The highest BCUT2D eigenvalue weighted by Crippen LogP contribution is 2.13. The second-order valence-electron chi connectivity index (χ2n) is 4.05. The summed E-state index contributed by atoms with van der Waals surface area (Å²) in [5.74, 6) is 1.76. The maximum absolute atomic E-state index is 5.71. The quantitative estimate of drug-likeness (QED) is 0.444. The molecule has 5 heteroatoms. The average Bonchev–Trinajstić information content (AvgIpc) is 2.88. The van der Waals surface area contributed by atoms with Crippen LogP contribution in [0.4, 0.5) is 0 Å². The highest BCUT2D eigenvalue weighted by Gasteiger charge is 2.07. The van der Waals surface area contributed by atoms with Crippen LogP contribution < -0.4 is 4.74 Å². The van der Waals surface area contributed by atoms with Crippen molar-refractivity contribution < 1.29 is 4.74 Å². The number of ether oxygens (including phenoxy) is 1. The molecule has 0 fully saturated rings. The zero-order valence-electron chi connectivity index (χ0n) is 11.6. The predicted molar refractivity (Wildman–Crippen MR) is 82.9 cm³/mol. The minimum atomic E-state index is 0.439. The molecule has 0 N–H and O–H groups in total. The van der Waals surface area contributed by atoms with Gasteiger partial charge in [0.1, 0.15) is 5.76 Å². The summed E-state index contributed by atoms with van der Waals surface area (Å²) in [5, 5.41) is 12.5. The normalized spacial score (nSPS) is 11.7. The smallest absolute Gasteiger partial charge is 0.237 e. The Morgan fingerprint density at radius 2 is 2.05 bits per heavy atom. The number of allylic oxidation sites excluding steroid dienone is 6. The van der Waals surface area contributed by atoms with Gasteiger partial charge in [0, 0.05) is 12.5 Å². The van der Waals surface area contributed by atoms with Gasteiger partial charge in [-0.1, -0.05) is 37.5 Å². The fourth-order valence-corrected chi connectivity index (χ4v) is 1.65. The van der Waals surface area contributed by atoms with E-state index in [1.807, 2.05) is 0 Å². The van der Waals surface area contributed by atoms with Crippen LogP contribution in [0.5, 0.6) is 5.88 Å². The molecule has 0 aliphatic rings. The lowest BCUT2D eigenvalue weighted by Crippen LogP contribution is -2.02. The summed E-state index contributed by atoms with van der Waals surface area (Å²) in [6.07, 6.45) is 10.9. The van der Waals surface area contributed by atoms with Crippen molar-refractivity contribution in [3.05, 3.63) is 79.9 Å². The number of nitrogens with zero attached hydrogens (tertiary/aromatic N) is 4. The van der Waals surface area contributed by atoms with Crippen molar-refractivity contribution in [2.75, 3.05) is 0 Å². The molecule has 106 valence electrons. The molecule has 2 aromatic heterocycles. The van der Waals surface area contributed by atoms with Gasteiger partial charge in [0.05, 0.1) is 0 Å². The lowest BCUT2D eigenvalue weighted by molar-refractivity contribution is 0.417. The summed E-state index contributed by atoms with van der Waals surface area (Å²) in [4.78, 5) is 0. The molecule has 0 atom stereocenters. The topological polar surface area (TPSA) is 52.3 Å². The van der Waals surface area contributed by atoms with Crippen molar-refractivity contribution in [3.63, 3.8) is 0 Å². The molecule has 0 saturated heterocycles. The number of rotatable bonds is 7. The third-order valence-electron chi connectivity index (χ3n) is 2.53. The molecule has 5 nitrogen and oxygen atoms in total. The second kappa shape index (κ2) is 7.00. The summed E-state index contributed by atoms with van der Waals surface area (Å²) in [5.41, 5.74) is 0.662. The van der Waals surface area contributed by atoms with Crippen LogP contribution in [0.1, 0.15) is 5.82 Å². The molecular weight excluding hydrogens is 264 g/mol. The van der Waals surface area contributed by atoms with Crippen LogP contribution in [0, 0.1) is 0 Å². The van der Waals surface area contributed by atoms with E-state index in [9.17, 15) is 0 Å². The Hall–Kier alpha value is -2.95. The van der Waals surface area contributed by atoms with Gasteiger partial charge in [0.2, 0.25) is 5.88 Å². The van der Waals surface area contributed by atoms with Crippen LogP contribution in [0.15, 0.2) is 74.1 Å². The van der Waals surface area contributed by atoms with Gasteiger partial charge < -0.3 is 4.74 Å². The van der Waals surface area contributed by atoms with Gasteiger partial charge in [0.15, 0.2) is 11.5 Å². The Morgan fingerprint density at radius 1 is 1.19 bits per heavy atom.